The van der Waals surface area contributed by atoms with Gasteiger partial charge in [-0.2, -0.15) is 4.98 Å². The van der Waals surface area contributed by atoms with E-state index < -0.39 is 0 Å². The number of aromatic nitrogens is 2. The van der Waals surface area contributed by atoms with Crippen molar-refractivity contribution in [3.8, 4) is 0 Å². The molecule has 3 rings (SSSR count). The number of halogens is 2. The van der Waals surface area contributed by atoms with Crippen molar-refractivity contribution in [3.05, 3.63) is 41.3 Å². The molecule has 1 aromatic heterocycles. The van der Waals surface area contributed by atoms with Crippen LogP contribution < -0.4 is 10.2 Å². The molecule has 5 nitrogen and oxygen atoms in total. The molecule has 1 saturated heterocycles. The molecule has 0 unspecified atom stereocenters. The number of nitrogens with zero attached hydrogens (tertiary/aromatic N) is 3. The van der Waals surface area contributed by atoms with E-state index in [0.29, 0.717) is 48.4 Å². The van der Waals surface area contributed by atoms with E-state index in [-0.39, 0.29) is 11.9 Å². The molecule has 2 N–H and O–H groups in total. The van der Waals surface area contributed by atoms with Gasteiger partial charge in [0.05, 0.1) is 12.3 Å². The van der Waals surface area contributed by atoms with Gasteiger partial charge < -0.3 is 15.3 Å². The van der Waals surface area contributed by atoms with Gasteiger partial charge in [-0.05, 0) is 37.1 Å². The summed E-state index contributed by atoms with van der Waals surface area (Å²) in [5.41, 5.74) is 0.696. The lowest BCUT2D eigenvalue weighted by Crippen LogP contribution is -2.36. The maximum atomic E-state index is 12.9. The molecular weight excluding hydrogens is 307 g/mol. The number of benzene rings is 1. The minimum Gasteiger partial charge on any atom is -0.393 e. The zero-order valence-corrected chi connectivity index (χ0v) is 12.6. The molecular formula is C15H16ClFN4O. The van der Waals surface area contributed by atoms with E-state index >= 15 is 0 Å². The maximum absolute atomic E-state index is 12.9. The van der Waals surface area contributed by atoms with E-state index in [0.717, 1.165) is 0 Å². The average Bonchev–Trinajstić information content (AvgIpc) is 2.52. The van der Waals surface area contributed by atoms with Crippen LogP contribution in [-0.4, -0.2) is 34.3 Å². The highest BCUT2D eigenvalue weighted by Crippen LogP contribution is 2.26. The fourth-order valence-electron chi connectivity index (χ4n) is 2.33. The molecule has 0 amide bonds. The number of piperidine rings is 1. The zero-order chi connectivity index (χ0) is 15.5. The van der Waals surface area contributed by atoms with Crippen LogP contribution in [0.3, 0.4) is 0 Å². The van der Waals surface area contributed by atoms with Gasteiger partial charge in [0.1, 0.15) is 10.8 Å². The SMILES string of the molecule is OC1CCN(c2ncc(Cl)c(Nc3ccc(F)cc3)n2)CC1. The first-order valence-corrected chi connectivity index (χ1v) is 7.48. The van der Waals surface area contributed by atoms with Crippen LogP contribution in [0, 0.1) is 5.82 Å². The molecule has 2 heterocycles. The van der Waals surface area contributed by atoms with Gasteiger partial charge in [0.2, 0.25) is 5.95 Å². The van der Waals surface area contributed by atoms with Crippen molar-refractivity contribution in [1.29, 1.82) is 0 Å². The molecule has 1 aliphatic rings. The third-order valence-electron chi connectivity index (χ3n) is 3.59. The Morgan fingerprint density at radius 2 is 1.91 bits per heavy atom. The lowest BCUT2D eigenvalue weighted by Gasteiger charge is -2.29. The Hall–Kier alpha value is -1.92. The van der Waals surface area contributed by atoms with Gasteiger partial charge in [-0.25, -0.2) is 9.37 Å². The Balaban J connectivity index is 1.79. The van der Waals surface area contributed by atoms with E-state index in [1.165, 1.54) is 12.1 Å². The second-order valence-corrected chi connectivity index (χ2v) is 5.62. The lowest BCUT2D eigenvalue weighted by molar-refractivity contribution is 0.145. The van der Waals surface area contributed by atoms with Crippen molar-refractivity contribution in [2.24, 2.45) is 0 Å². The molecule has 0 aliphatic carbocycles. The monoisotopic (exact) mass is 322 g/mol. The fraction of sp³-hybridized carbons (Fsp3) is 0.333. The molecule has 0 atom stereocenters. The summed E-state index contributed by atoms with van der Waals surface area (Å²) in [6, 6.07) is 5.96. The van der Waals surface area contributed by atoms with Gasteiger partial charge in [-0.3, -0.25) is 0 Å². The highest BCUT2D eigenvalue weighted by atomic mass is 35.5. The second-order valence-electron chi connectivity index (χ2n) is 5.22. The molecule has 2 aromatic rings. The number of anilines is 3. The first-order chi connectivity index (χ1) is 10.6. The van der Waals surface area contributed by atoms with Gasteiger partial charge in [-0.15, -0.1) is 0 Å². The predicted molar refractivity (Wildman–Crippen MR) is 84.2 cm³/mol. The standard InChI is InChI=1S/C15H16ClFN4O/c16-13-9-18-15(21-7-5-12(22)6-8-21)20-14(13)19-11-3-1-10(17)2-4-11/h1-4,9,12,22H,5-8H2,(H,18,19,20). The quantitative estimate of drug-likeness (QED) is 0.909. The molecule has 1 aromatic carbocycles. The van der Waals surface area contributed by atoms with E-state index in [1.807, 2.05) is 4.90 Å². The Bertz CT molecular complexity index is 644. The minimum atomic E-state index is -0.299. The third-order valence-corrected chi connectivity index (χ3v) is 3.86. The van der Waals surface area contributed by atoms with Crippen LogP contribution >= 0.6 is 11.6 Å². The third kappa shape index (κ3) is 3.45. The molecule has 0 saturated carbocycles. The van der Waals surface area contributed by atoms with Crippen LogP contribution in [0.15, 0.2) is 30.5 Å². The molecule has 1 aliphatic heterocycles. The number of aliphatic hydroxyl groups excluding tert-OH is 1. The number of hydrogen-bond donors (Lipinski definition) is 2. The molecule has 0 radical (unpaired) electrons. The zero-order valence-electron chi connectivity index (χ0n) is 11.8. The Kier molecular flexibility index (Phi) is 4.40. The summed E-state index contributed by atoms with van der Waals surface area (Å²) < 4.78 is 12.9. The van der Waals surface area contributed by atoms with E-state index in [9.17, 15) is 9.50 Å². The van der Waals surface area contributed by atoms with Crippen molar-refractivity contribution in [2.75, 3.05) is 23.3 Å². The van der Waals surface area contributed by atoms with Gasteiger partial charge in [-0.1, -0.05) is 11.6 Å². The predicted octanol–water partition coefficient (Wildman–Crippen LogP) is 2.97. The summed E-state index contributed by atoms with van der Waals surface area (Å²) in [5.74, 6) is 0.747. The summed E-state index contributed by atoms with van der Waals surface area (Å²) >= 11 is 6.12. The largest absolute Gasteiger partial charge is 0.393 e. The van der Waals surface area contributed by atoms with Crippen molar-refractivity contribution >= 4 is 29.1 Å². The van der Waals surface area contributed by atoms with E-state index in [4.69, 9.17) is 11.6 Å². The second kappa shape index (κ2) is 6.46. The minimum absolute atomic E-state index is 0.250. The first kappa shape index (κ1) is 15.0. The molecule has 22 heavy (non-hydrogen) atoms. The van der Waals surface area contributed by atoms with Crippen LogP contribution in [-0.2, 0) is 0 Å². The van der Waals surface area contributed by atoms with Crippen LogP contribution in [0.1, 0.15) is 12.8 Å². The van der Waals surface area contributed by atoms with Gasteiger partial charge in [0, 0.05) is 18.8 Å². The van der Waals surface area contributed by atoms with Gasteiger partial charge in [0.25, 0.3) is 0 Å². The Morgan fingerprint density at radius 1 is 1.23 bits per heavy atom. The van der Waals surface area contributed by atoms with Crippen LogP contribution in [0.5, 0.6) is 0 Å². The van der Waals surface area contributed by atoms with Crippen LogP contribution in [0.2, 0.25) is 5.02 Å². The normalized spacial score (nSPS) is 15.9. The highest BCUT2D eigenvalue weighted by molar-refractivity contribution is 6.32. The van der Waals surface area contributed by atoms with Crippen molar-refractivity contribution in [1.82, 2.24) is 9.97 Å². The topological polar surface area (TPSA) is 61.3 Å². The summed E-state index contributed by atoms with van der Waals surface area (Å²) in [6.07, 6.45) is 2.69. The molecule has 7 heteroatoms. The summed E-state index contributed by atoms with van der Waals surface area (Å²) in [4.78, 5) is 10.7. The molecule has 0 spiro atoms. The summed E-state index contributed by atoms with van der Waals surface area (Å²) in [7, 11) is 0. The number of aliphatic hydroxyl groups is 1. The smallest absolute Gasteiger partial charge is 0.227 e. The number of nitrogens with one attached hydrogen (secondary N) is 1. The molecule has 0 bridgehead atoms. The van der Waals surface area contributed by atoms with Gasteiger partial charge >= 0.3 is 0 Å². The number of rotatable bonds is 3. The summed E-state index contributed by atoms with van der Waals surface area (Å²) in [6.45, 7) is 1.41. The van der Waals surface area contributed by atoms with Crippen molar-refractivity contribution in [3.63, 3.8) is 0 Å². The van der Waals surface area contributed by atoms with Crippen molar-refractivity contribution < 1.29 is 9.50 Å². The summed E-state index contributed by atoms with van der Waals surface area (Å²) in [5, 5.41) is 13.0. The Morgan fingerprint density at radius 3 is 2.59 bits per heavy atom. The van der Waals surface area contributed by atoms with E-state index in [1.54, 1.807) is 18.3 Å². The Labute approximate surface area is 132 Å². The molecule has 116 valence electrons. The highest BCUT2D eigenvalue weighted by Gasteiger charge is 2.20. The average molecular weight is 323 g/mol. The van der Waals surface area contributed by atoms with Gasteiger partial charge in [0.15, 0.2) is 5.82 Å². The maximum Gasteiger partial charge on any atom is 0.227 e. The van der Waals surface area contributed by atoms with E-state index in [2.05, 4.69) is 15.3 Å². The van der Waals surface area contributed by atoms with Crippen LogP contribution in [0.25, 0.3) is 0 Å². The number of hydrogen-bond acceptors (Lipinski definition) is 5. The molecule has 1 fully saturated rings. The van der Waals surface area contributed by atoms with Crippen molar-refractivity contribution in [2.45, 2.75) is 18.9 Å². The fourth-order valence-corrected chi connectivity index (χ4v) is 2.47. The lowest BCUT2D eigenvalue weighted by atomic mass is 10.1. The van der Waals surface area contributed by atoms with Crippen LogP contribution in [0.4, 0.5) is 21.8 Å². The first-order valence-electron chi connectivity index (χ1n) is 7.10.